The first kappa shape index (κ1) is 22.5. The number of rotatable bonds is 7. The van der Waals surface area contributed by atoms with Crippen molar-refractivity contribution in [3.63, 3.8) is 0 Å². The zero-order chi connectivity index (χ0) is 22.6. The van der Waals surface area contributed by atoms with Crippen LogP contribution >= 0.6 is 0 Å². The first-order chi connectivity index (χ1) is 14.6. The highest BCUT2D eigenvalue weighted by Crippen LogP contribution is 2.28. The van der Waals surface area contributed by atoms with Crippen molar-refractivity contribution < 1.29 is 26.1 Å². The van der Waals surface area contributed by atoms with Gasteiger partial charge in [-0.15, -0.1) is 0 Å². The van der Waals surface area contributed by atoms with Gasteiger partial charge in [0.15, 0.2) is 5.82 Å². The summed E-state index contributed by atoms with van der Waals surface area (Å²) in [5.74, 6) is -1.64. The lowest BCUT2D eigenvalue weighted by Gasteiger charge is -2.26. The van der Waals surface area contributed by atoms with Crippen LogP contribution in [0.15, 0.2) is 64.0 Å². The zero-order valence-corrected chi connectivity index (χ0v) is 17.6. The molecule has 0 saturated heterocycles. The number of hydrogen-bond donors (Lipinski definition) is 0. The maximum Gasteiger partial charge on any atom is 0.471 e. The van der Waals surface area contributed by atoms with Crippen molar-refractivity contribution in [2.75, 3.05) is 10.8 Å². The molecule has 1 aromatic heterocycles. The van der Waals surface area contributed by atoms with Crippen molar-refractivity contribution in [2.24, 2.45) is 5.92 Å². The van der Waals surface area contributed by atoms with Gasteiger partial charge in [-0.2, -0.15) is 18.2 Å². The van der Waals surface area contributed by atoms with E-state index in [0.717, 1.165) is 0 Å². The molecule has 0 unspecified atom stereocenters. The molecule has 0 radical (unpaired) electrons. The SMILES string of the molecule is CC(C)CN(c1ccccc1)S(=O)(=O)c1cccc(C=Cc2noc(C(F)(F)F)n2)c1. The number of alkyl halides is 3. The molecular formula is C21H20F3N3O3S. The predicted molar refractivity (Wildman–Crippen MR) is 110 cm³/mol. The summed E-state index contributed by atoms with van der Waals surface area (Å²) in [5.41, 5.74) is 1.00. The van der Waals surface area contributed by atoms with Gasteiger partial charge >= 0.3 is 12.1 Å². The number of para-hydroxylation sites is 1. The number of benzene rings is 2. The summed E-state index contributed by atoms with van der Waals surface area (Å²) in [6, 6.07) is 14.9. The fourth-order valence-electron chi connectivity index (χ4n) is 2.76. The molecule has 0 aliphatic rings. The Kier molecular flexibility index (Phi) is 6.49. The highest BCUT2D eigenvalue weighted by Gasteiger charge is 2.38. The van der Waals surface area contributed by atoms with Crippen molar-refractivity contribution in [1.82, 2.24) is 10.1 Å². The minimum absolute atomic E-state index is 0.0586. The Balaban J connectivity index is 1.91. The maximum atomic E-state index is 13.3. The average molecular weight is 451 g/mol. The topological polar surface area (TPSA) is 76.3 Å². The minimum atomic E-state index is -4.73. The van der Waals surface area contributed by atoms with E-state index in [1.54, 1.807) is 42.5 Å². The third-order valence-electron chi connectivity index (χ3n) is 4.13. The van der Waals surface area contributed by atoms with Gasteiger partial charge in [-0.25, -0.2) is 8.42 Å². The monoisotopic (exact) mass is 451 g/mol. The van der Waals surface area contributed by atoms with Gasteiger partial charge < -0.3 is 4.52 Å². The smallest absolute Gasteiger partial charge is 0.329 e. The fraction of sp³-hybridized carbons (Fsp3) is 0.238. The van der Waals surface area contributed by atoms with E-state index < -0.39 is 22.1 Å². The van der Waals surface area contributed by atoms with Crippen LogP contribution in [0.4, 0.5) is 18.9 Å². The Morgan fingerprint density at radius 3 is 2.39 bits per heavy atom. The van der Waals surface area contributed by atoms with Gasteiger partial charge in [0.05, 0.1) is 10.6 Å². The van der Waals surface area contributed by atoms with E-state index in [2.05, 4.69) is 14.7 Å². The molecule has 0 aliphatic heterocycles. The molecule has 6 nitrogen and oxygen atoms in total. The van der Waals surface area contributed by atoms with Crippen LogP contribution in [0.5, 0.6) is 0 Å². The van der Waals surface area contributed by atoms with Crippen LogP contribution in [-0.2, 0) is 16.2 Å². The Morgan fingerprint density at radius 1 is 1.06 bits per heavy atom. The maximum absolute atomic E-state index is 13.3. The molecule has 0 fully saturated rings. The van der Waals surface area contributed by atoms with Crippen LogP contribution in [0, 0.1) is 5.92 Å². The highest BCUT2D eigenvalue weighted by atomic mass is 32.2. The molecule has 1 heterocycles. The second kappa shape index (κ2) is 8.93. The molecule has 0 atom stereocenters. The molecule has 0 amide bonds. The van der Waals surface area contributed by atoms with Gasteiger partial charge in [-0.1, -0.05) is 55.4 Å². The van der Waals surface area contributed by atoms with Gasteiger partial charge in [-0.3, -0.25) is 4.31 Å². The van der Waals surface area contributed by atoms with E-state index in [1.165, 1.54) is 28.6 Å². The standard InChI is InChI=1S/C21H20F3N3O3S/c1-15(2)14-27(17-8-4-3-5-9-17)31(28,29)18-10-6-7-16(13-18)11-12-19-25-20(30-26-19)21(22,23)24/h3-13,15H,14H2,1-2H3. The quantitative estimate of drug-likeness (QED) is 0.499. The molecule has 10 heteroatoms. The summed E-state index contributed by atoms with van der Waals surface area (Å²) in [5, 5.41) is 3.25. The molecule has 0 aliphatic carbocycles. The zero-order valence-electron chi connectivity index (χ0n) is 16.7. The lowest BCUT2D eigenvalue weighted by atomic mass is 10.2. The number of halogens is 3. The summed E-state index contributed by atoms with van der Waals surface area (Å²) in [6.45, 7) is 4.13. The number of sulfonamides is 1. The summed E-state index contributed by atoms with van der Waals surface area (Å²) in [6.07, 6.45) is -2.10. The van der Waals surface area contributed by atoms with Crippen molar-refractivity contribution in [3.05, 3.63) is 71.9 Å². The van der Waals surface area contributed by atoms with Crippen LogP contribution in [-0.4, -0.2) is 25.1 Å². The van der Waals surface area contributed by atoms with Gasteiger partial charge in [0.2, 0.25) is 0 Å². The second-order valence-electron chi connectivity index (χ2n) is 7.13. The summed E-state index contributed by atoms with van der Waals surface area (Å²) < 4.78 is 69.9. The van der Waals surface area contributed by atoms with Crippen LogP contribution in [0.1, 0.15) is 31.1 Å². The summed E-state index contributed by atoms with van der Waals surface area (Å²) in [7, 11) is -3.87. The van der Waals surface area contributed by atoms with Crippen LogP contribution in [0.25, 0.3) is 12.2 Å². The van der Waals surface area contributed by atoms with E-state index in [9.17, 15) is 21.6 Å². The molecule has 3 rings (SSSR count). The fourth-order valence-corrected chi connectivity index (χ4v) is 4.45. The molecule has 0 saturated carbocycles. The lowest BCUT2D eigenvalue weighted by molar-refractivity contribution is -0.159. The molecule has 164 valence electrons. The van der Waals surface area contributed by atoms with Gasteiger partial charge in [0.1, 0.15) is 0 Å². The van der Waals surface area contributed by atoms with Crippen molar-refractivity contribution in [1.29, 1.82) is 0 Å². The molecule has 3 aromatic rings. The first-order valence-corrected chi connectivity index (χ1v) is 10.8. The van der Waals surface area contributed by atoms with Gasteiger partial charge in [0.25, 0.3) is 10.0 Å². The largest absolute Gasteiger partial charge is 0.471 e. The van der Waals surface area contributed by atoms with Crippen LogP contribution in [0.2, 0.25) is 0 Å². The Morgan fingerprint density at radius 2 is 1.77 bits per heavy atom. The third-order valence-corrected chi connectivity index (χ3v) is 5.92. The molecule has 0 spiro atoms. The van der Waals surface area contributed by atoms with Crippen molar-refractivity contribution in [3.8, 4) is 0 Å². The molecule has 0 N–H and O–H groups in total. The molecule has 2 aromatic carbocycles. The van der Waals surface area contributed by atoms with Gasteiger partial charge in [-0.05, 0) is 41.8 Å². The average Bonchev–Trinajstić information content (AvgIpc) is 3.21. The van der Waals surface area contributed by atoms with Crippen LogP contribution in [0.3, 0.4) is 0 Å². The second-order valence-corrected chi connectivity index (χ2v) is 8.99. The van der Waals surface area contributed by atoms with Gasteiger partial charge in [0, 0.05) is 6.54 Å². The van der Waals surface area contributed by atoms with E-state index in [0.29, 0.717) is 11.3 Å². The van der Waals surface area contributed by atoms with E-state index in [1.807, 2.05) is 13.8 Å². The number of nitrogens with zero attached hydrogens (tertiary/aromatic N) is 3. The van der Waals surface area contributed by atoms with E-state index >= 15 is 0 Å². The molecular weight excluding hydrogens is 431 g/mol. The number of hydrogen-bond acceptors (Lipinski definition) is 5. The number of anilines is 1. The predicted octanol–water partition coefficient (Wildman–Crippen LogP) is 5.11. The minimum Gasteiger partial charge on any atom is -0.329 e. The highest BCUT2D eigenvalue weighted by molar-refractivity contribution is 7.92. The first-order valence-electron chi connectivity index (χ1n) is 9.34. The van der Waals surface area contributed by atoms with Crippen molar-refractivity contribution in [2.45, 2.75) is 24.9 Å². The van der Waals surface area contributed by atoms with Crippen molar-refractivity contribution >= 4 is 27.9 Å². The Bertz CT molecular complexity index is 1160. The van der Waals surface area contributed by atoms with Crippen LogP contribution < -0.4 is 4.31 Å². The summed E-state index contributed by atoms with van der Waals surface area (Å²) in [4.78, 5) is 3.31. The van der Waals surface area contributed by atoms with E-state index in [4.69, 9.17) is 0 Å². The molecule has 31 heavy (non-hydrogen) atoms. The number of aromatic nitrogens is 2. The normalized spacial score (nSPS) is 12.6. The third kappa shape index (κ3) is 5.52. The summed E-state index contributed by atoms with van der Waals surface area (Å²) >= 11 is 0. The van der Waals surface area contributed by atoms with E-state index in [-0.39, 0.29) is 23.2 Å². The Hall–Kier alpha value is -3.14. The Labute approximate surface area is 178 Å². The molecule has 0 bridgehead atoms. The lowest BCUT2D eigenvalue weighted by Crippen LogP contribution is -2.34.